The second-order valence-electron chi connectivity index (χ2n) is 6.24. The fraction of sp³-hybridized carbons (Fsp3) is 0.400. The molecule has 1 saturated heterocycles. The summed E-state index contributed by atoms with van der Waals surface area (Å²) in [5.41, 5.74) is 1.24. The van der Waals surface area contributed by atoms with Gasteiger partial charge in [0.15, 0.2) is 11.5 Å². The van der Waals surface area contributed by atoms with Gasteiger partial charge in [-0.1, -0.05) is 6.07 Å². The Hall–Kier alpha value is -2.84. The van der Waals surface area contributed by atoms with Crippen LogP contribution in [-0.2, 0) is 4.74 Å². The Morgan fingerprint density at radius 2 is 1.96 bits per heavy atom. The van der Waals surface area contributed by atoms with E-state index < -0.39 is 12.1 Å². The van der Waals surface area contributed by atoms with Crippen molar-refractivity contribution in [3.63, 3.8) is 0 Å². The molecule has 8 nitrogen and oxygen atoms in total. The summed E-state index contributed by atoms with van der Waals surface area (Å²) in [7, 11) is 4.61. The number of hydrogen-bond acceptors (Lipinski definition) is 7. The number of amides is 1. The summed E-state index contributed by atoms with van der Waals surface area (Å²) in [6.07, 6.45) is 0.973. The van der Waals surface area contributed by atoms with E-state index in [9.17, 15) is 9.90 Å². The van der Waals surface area contributed by atoms with Crippen molar-refractivity contribution in [2.45, 2.75) is 12.1 Å². The van der Waals surface area contributed by atoms with E-state index in [0.717, 1.165) is 5.56 Å². The lowest BCUT2D eigenvalue weighted by Gasteiger charge is -2.41. The highest BCUT2D eigenvalue weighted by molar-refractivity contribution is 5.94. The van der Waals surface area contributed by atoms with E-state index in [2.05, 4.69) is 4.98 Å². The maximum atomic E-state index is 13.2. The number of morpholine rings is 1. The highest BCUT2D eigenvalue weighted by Crippen LogP contribution is 2.36. The monoisotopic (exact) mass is 388 g/mol. The Morgan fingerprint density at radius 3 is 2.64 bits per heavy atom. The number of aliphatic hydroxyl groups is 1. The zero-order valence-corrected chi connectivity index (χ0v) is 16.1. The van der Waals surface area contributed by atoms with Crippen LogP contribution in [0, 0.1) is 0 Å². The fourth-order valence-electron chi connectivity index (χ4n) is 3.37. The number of hydrogen-bond donors (Lipinski definition) is 1. The van der Waals surface area contributed by atoms with Gasteiger partial charge < -0.3 is 29.0 Å². The van der Waals surface area contributed by atoms with E-state index >= 15 is 0 Å². The summed E-state index contributed by atoms with van der Waals surface area (Å²) < 4.78 is 21.5. The van der Waals surface area contributed by atoms with Crippen molar-refractivity contribution in [1.82, 2.24) is 9.88 Å². The van der Waals surface area contributed by atoms with Crippen LogP contribution < -0.4 is 14.2 Å². The Labute approximate surface area is 163 Å². The maximum absolute atomic E-state index is 13.2. The third-order valence-corrected chi connectivity index (χ3v) is 4.73. The second kappa shape index (κ2) is 8.90. The summed E-state index contributed by atoms with van der Waals surface area (Å²) >= 11 is 0. The molecule has 1 amide bonds. The molecular formula is C20H24N2O6. The molecule has 2 unspecified atom stereocenters. The number of rotatable bonds is 6. The van der Waals surface area contributed by atoms with Crippen LogP contribution in [0.4, 0.5) is 0 Å². The maximum Gasteiger partial charge on any atom is 0.254 e. The summed E-state index contributed by atoms with van der Waals surface area (Å²) in [6.45, 7) is 0.504. The van der Waals surface area contributed by atoms with Gasteiger partial charge in [-0.15, -0.1) is 0 Å². The lowest BCUT2D eigenvalue weighted by molar-refractivity contribution is -0.0811. The molecule has 2 aromatic rings. The quantitative estimate of drug-likeness (QED) is 0.805. The van der Waals surface area contributed by atoms with Gasteiger partial charge in [-0.3, -0.25) is 4.79 Å². The first-order chi connectivity index (χ1) is 13.6. The van der Waals surface area contributed by atoms with Gasteiger partial charge in [-0.2, -0.15) is 0 Å². The Kier molecular flexibility index (Phi) is 6.33. The molecule has 0 aliphatic carbocycles. The highest BCUT2D eigenvalue weighted by Gasteiger charge is 2.37. The van der Waals surface area contributed by atoms with Gasteiger partial charge in [-0.05, 0) is 23.8 Å². The Balaban J connectivity index is 2.00. The largest absolute Gasteiger partial charge is 0.493 e. The van der Waals surface area contributed by atoms with Crippen molar-refractivity contribution in [1.29, 1.82) is 0 Å². The molecule has 150 valence electrons. The van der Waals surface area contributed by atoms with E-state index in [1.54, 1.807) is 43.4 Å². The van der Waals surface area contributed by atoms with Crippen molar-refractivity contribution in [3.05, 3.63) is 47.7 Å². The molecule has 1 aliphatic rings. The van der Waals surface area contributed by atoms with Crippen LogP contribution in [0.25, 0.3) is 0 Å². The van der Waals surface area contributed by atoms with Gasteiger partial charge in [-0.25, -0.2) is 4.98 Å². The predicted octanol–water partition coefficient (Wildman–Crippen LogP) is 1.68. The Bertz CT molecular complexity index is 828. The fourth-order valence-corrected chi connectivity index (χ4v) is 3.37. The van der Waals surface area contributed by atoms with E-state index in [1.165, 1.54) is 13.3 Å². The van der Waals surface area contributed by atoms with Crippen LogP contribution in [0.5, 0.6) is 17.4 Å². The molecule has 8 heteroatoms. The SMILES string of the molecule is COc1cc(C(=O)N2CCOC(CO)C2c2ccc(OC)c(OC)c2)ccn1. The first kappa shape index (κ1) is 19.9. The van der Waals surface area contributed by atoms with Gasteiger partial charge in [0.2, 0.25) is 5.88 Å². The van der Waals surface area contributed by atoms with Crippen LogP contribution >= 0.6 is 0 Å². The van der Waals surface area contributed by atoms with Crippen molar-refractivity contribution in [3.8, 4) is 17.4 Å². The first-order valence-electron chi connectivity index (χ1n) is 8.88. The molecule has 1 aromatic carbocycles. The summed E-state index contributed by atoms with van der Waals surface area (Å²) in [6, 6.07) is 8.17. The number of aliphatic hydroxyl groups excluding tert-OH is 1. The second-order valence-corrected chi connectivity index (χ2v) is 6.24. The van der Waals surface area contributed by atoms with E-state index in [4.69, 9.17) is 18.9 Å². The molecule has 0 spiro atoms. The van der Waals surface area contributed by atoms with E-state index in [-0.39, 0.29) is 12.5 Å². The van der Waals surface area contributed by atoms with Gasteiger partial charge in [0.05, 0.1) is 40.6 Å². The molecule has 3 rings (SSSR count). The molecule has 2 atom stereocenters. The molecule has 1 aliphatic heterocycles. The third kappa shape index (κ3) is 3.88. The average molecular weight is 388 g/mol. The zero-order chi connectivity index (χ0) is 20.1. The van der Waals surface area contributed by atoms with Crippen LogP contribution in [0.1, 0.15) is 22.0 Å². The number of aromatic nitrogens is 1. The number of methoxy groups -OCH3 is 3. The molecule has 0 radical (unpaired) electrons. The minimum absolute atomic E-state index is 0.192. The molecule has 1 N–H and O–H groups in total. The van der Waals surface area contributed by atoms with Crippen LogP contribution in [-0.4, -0.2) is 68.1 Å². The van der Waals surface area contributed by atoms with Crippen molar-refractivity contribution < 1.29 is 28.8 Å². The molecule has 0 saturated carbocycles. The molecule has 1 fully saturated rings. The number of carbonyl (C=O) groups is 1. The van der Waals surface area contributed by atoms with Gasteiger partial charge in [0.25, 0.3) is 5.91 Å². The molecule has 2 heterocycles. The average Bonchev–Trinajstić information content (AvgIpc) is 2.77. The first-order valence-corrected chi connectivity index (χ1v) is 8.88. The number of pyridine rings is 1. The van der Waals surface area contributed by atoms with Gasteiger partial charge in [0.1, 0.15) is 6.10 Å². The lowest BCUT2D eigenvalue weighted by Crippen LogP contribution is -2.49. The van der Waals surface area contributed by atoms with Crippen molar-refractivity contribution in [2.75, 3.05) is 41.1 Å². The van der Waals surface area contributed by atoms with Crippen molar-refractivity contribution in [2.24, 2.45) is 0 Å². The van der Waals surface area contributed by atoms with Crippen molar-refractivity contribution >= 4 is 5.91 Å². The summed E-state index contributed by atoms with van der Waals surface area (Å²) in [4.78, 5) is 19.0. The topological polar surface area (TPSA) is 90.4 Å². The summed E-state index contributed by atoms with van der Waals surface area (Å²) in [5.74, 6) is 1.29. The minimum Gasteiger partial charge on any atom is -0.493 e. The number of ether oxygens (including phenoxy) is 4. The van der Waals surface area contributed by atoms with Crippen LogP contribution in [0.2, 0.25) is 0 Å². The molecule has 28 heavy (non-hydrogen) atoms. The van der Waals surface area contributed by atoms with E-state index in [1.807, 2.05) is 6.07 Å². The highest BCUT2D eigenvalue weighted by atomic mass is 16.5. The number of benzene rings is 1. The predicted molar refractivity (Wildman–Crippen MR) is 101 cm³/mol. The normalized spacial score (nSPS) is 19.2. The van der Waals surface area contributed by atoms with Gasteiger partial charge in [0, 0.05) is 24.4 Å². The Morgan fingerprint density at radius 1 is 1.18 bits per heavy atom. The molecule has 0 bridgehead atoms. The number of carbonyl (C=O) groups excluding carboxylic acids is 1. The molecular weight excluding hydrogens is 364 g/mol. The van der Waals surface area contributed by atoms with E-state index in [0.29, 0.717) is 36.1 Å². The number of nitrogens with zero attached hydrogens (tertiary/aromatic N) is 2. The minimum atomic E-state index is -0.556. The lowest BCUT2D eigenvalue weighted by atomic mass is 9.97. The standard InChI is InChI=1S/C20H24N2O6/c1-25-15-5-4-13(10-16(15)26-2)19-17(12-23)28-9-8-22(19)20(24)14-6-7-21-18(11-14)27-3/h4-7,10-11,17,19,23H,8-9,12H2,1-3H3. The summed E-state index contributed by atoms with van der Waals surface area (Å²) in [5, 5.41) is 9.85. The van der Waals surface area contributed by atoms with Crippen LogP contribution in [0.15, 0.2) is 36.5 Å². The van der Waals surface area contributed by atoms with Crippen LogP contribution in [0.3, 0.4) is 0 Å². The zero-order valence-electron chi connectivity index (χ0n) is 16.1. The smallest absolute Gasteiger partial charge is 0.254 e. The van der Waals surface area contributed by atoms with Gasteiger partial charge >= 0.3 is 0 Å². The molecule has 1 aromatic heterocycles. The third-order valence-electron chi connectivity index (χ3n) is 4.73.